The fourth-order valence-corrected chi connectivity index (χ4v) is 2.53. The van der Waals surface area contributed by atoms with Crippen molar-refractivity contribution in [3.05, 3.63) is 57.2 Å². The Bertz CT molecular complexity index is 558. The normalized spacial score (nSPS) is 10.3. The number of ether oxygens (including phenoxy) is 2. The zero-order chi connectivity index (χ0) is 14.4. The van der Waals surface area contributed by atoms with Crippen molar-refractivity contribution in [2.75, 3.05) is 7.11 Å². The molecule has 0 radical (unpaired) electrons. The number of nitrogens with one attached hydrogen (secondary N) is 1. The Morgan fingerprint density at radius 3 is 2.55 bits per heavy atom. The molecule has 0 fully saturated rings. The number of hydrogen-bond acceptors (Lipinski definition) is 4. The molecule has 0 spiro atoms. The van der Waals surface area contributed by atoms with Gasteiger partial charge in [-0.2, -0.15) is 0 Å². The van der Waals surface area contributed by atoms with Gasteiger partial charge in [-0.25, -0.2) is 5.48 Å². The molecule has 0 aliphatic heterocycles. The van der Waals surface area contributed by atoms with Crippen molar-refractivity contribution in [1.29, 1.82) is 0 Å². The lowest BCUT2D eigenvalue weighted by Crippen LogP contribution is -2.09. The lowest BCUT2D eigenvalue weighted by molar-refractivity contribution is 0.159. The van der Waals surface area contributed by atoms with Gasteiger partial charge in [0.05, 0.1) is 10.7 Å². The second-order valence-electron chi connectivity index (χ2n) is 4.20. The molecule has 106 valence electrons. The summed E-state index contributed by atoms with van der Waals surface area (Å²) < 4.78 is 12.0. The summed E-state index contributed by atoms with van der Waals surface area (Å²) in [5.74, 6) is 1.62. The monoisotopic (exact) mass is 385 g/mol. The molecule has 0 heterocycles. The van der Waals surface area contributed by atoms with E-state index in [4.69, 9.17) is 14.7 Å². The van der Waals surface area contributed by atoms with Gasteiger partial charge in [0.1, 0.15) is 18.1 Å². The number of halogens is 1. The molecule has 4 nitrogen and oxygen atoms in total. The molecule has 2 aromatic carbocycles. The molecule has 0 unspecified atom stereocenters. The Morgan fingerprint density at radius 2 is 1.90 bits per heavy atom. The Morgan fingerprint density at radius 1 is 1.15 bits per heavy atom. The molecule has 0 saturated carbocycles. The highest BCUT2D eigenvalue weighted by atomic mass is 127. The first kappa shape index (κ1) is 15.1. The maximum absolute atomic E-state index is 8.86. The van der Waals surface area contributed by atoms with Crippen LogP contribution >= 0.6 is 22.6 Å². The molecular formula is C15H16INO3. The molecule has 0 amide bonds. The van der Waals surface area contributed by atoms with Gasteiger partial charge in [0.2, 0.25) is 0 Å². The van der Waals surface area contributed by atoms with Crippen LogP contribution in [0.2, 0.25) is 0 Å². The highest BCUT2D eigenvalue weighted by Gasteiger charge is 2.08. The predicted molar refractivity (Wildman–Crippen MR) is 85.1 cm³/mol. The summed E-state index contributed by atoms with van der Waals surface area (Å²) in [5, 5.41) is 8.86. The lowest BCUT2D eigenvalue weighted by atomic mass is 10.2. The van der Waals surface area contributed by atoms with E-state index in [1.54, 1.807) is 7.11 Å². The largest absolute Gasteiger partial charge is 0.497 e. The molecule has 2 aromatic rings. The van der Waals surface area contributed by atoms with Gasteiger partial charge >= 0.3 is 0 Å². The van der Waals surface area contributed by atoms with Gasteiger partial charge in [-0.15, -0.1) is 0 Å². The maximum Gasteiger partial charge on any atom is 0.137 e. The van der Waals surface area contributed by atoms with Crippen LogP contribution in [-0.2, 0) is 13.2 Å². The first-order chi connectivity index (χ1) is 9.74. The highest BCUT2D eigenvalue weighted by molar-refractivity contribution is 14.1. The van der Waals surface area contributed by atoms with Crippen LogP contribution in [0.1, 0.15) is 11.1 Å². The average Bonchev–Trinajstić information content (AvgIpc) is 2.47. The van der Waals surface area contributed by atoms with Gasteiger partial charge in [-0.3, -0.25) is 0 Å². The number of methoxy groups -OCH3 is 1. The van der Waals surface area contributed by atoms with Gasteiger partial charge in [0, 0.05) is 12.1 Å². The van der Waals surface area contributed by atoms with E-state index in [2.05, 4.69) is 28.1 Å². The van der Waals surface area contributed by atoms with Gasteiger partial charge in [0.15, 0.2) is 0 Å². The molecule has 0 saturated heterocycles. The molecule has 0 aromatic heterocycles. The van der Waals surface area contributed by atoms with Crippen LogP contribution in [0.5, 0.6) is 11.5 Å². The zero-order valence-corrected chi connectivity index (χ0v) is 13.3. The van der Waals surface area contributed by atoms with Crippen LogP contribution in [-0.4, -0.2) is 12.3 Å². The van der Waals surface area contributed by atoms with E-state index in [1.165, 1.54) is 0 Å². The maximum atomic E-state index is 8.86. The van der Waals surface area contributed by atoms with Gasteiger partial charge in [-0.1, -0.05) is 24.3 Å². The lowest BCUT2D eigenvalue weighted by Gasteiger charge is -2.13. The summed E-state index contributed by atoms with van der Waals surface area (Å²) in [6, 6.07) is 13.6. The van der Waals surface area contributed by atoms with Gasteiger partial charge in [-0.05, 0) is 46.4 Å². The van der Waals surface area contributed by atoms with Crippen molar-refractivity contribution in [1.82, 2.24) is 5.48 Å². The number of hydroxylamine groups is 1. The minimum Gasteiger partial charge on any atom is -0.497 e. The van der Waals surface area contributed by atoms with E-state index in [-0.39, 0.29) is 0 Å². The Balaban J connectivity index is 2.09. The number of rotatable bonds is 6. The molecule has 0 atom stereocenters. The standard InChI is InChI=1S/C15H16INO3/c1-19-13-7-5-11(6-8-13)10-20-15-12(9-17-18)3-2-4-14(15)16/h2-8,17-18H,9-10H2,1H3. The molecular weight excluding hydrogens is 369 g/mol. The van der Waals surface area contributed by atoms with E-state index in [9.17, 15) is 0 Å². The molecule has 0 bridgehead atoms. The van der Waals surface area contributed by atoms with Gasteiger partial charge in [0.25, 0.3) is 0 Å². The Hall–Kier alpha value is -1.31. The number of benzene rings is 2. The fourth-order valence-electron chi connectivity index (χ4n) is 1.82. The van der Waals surface area contributed by atoms with Crippen molar-refractivity contribution in [2.45, 2.75) is 13.2 Å². The third-order valence-electron chi connectivity index (χ3n) is 2.86. The van der Waals surface area contributed by atoms with Crippen LogP contribution in [0, 0.1) is 3.57 Å². The van der Waals surface area contributed by atoms with Crippen molar-refractivity contribution in [2.24, 2.45) is 0 Å². The zero-order valence-electron chi connectivity index (χ0n) is 11.1. The fraction of sp³-hybridized carbons (Fsp3) is 0.200. The minimum atomic E-state index is 0.356. The van der Waals surface area contributed by atoms with Gasteiger partial charge < -0.3 is 14.7 Å². The molecule has 5 heteroatoms. The van der Waals surface area contributed by atoms with E-state index >= 15 is 0 Å². The van der Waals surface area contributed by atoms with E-state index < -0.39 is 0 Å². The third kappa shape index (κ3) is 3.84. The predicted octanol–water partition coefficient (Wildman–Crippen LogP) is 3.36. The van der Waals surface area contributed by atoms with Crippen LogP contribution in [0.15, 0.2) is 42.5 Å². The molecule has 2 rings (SSSR count). The van der Waals surface area contributed by atoms with Crippen molar-refractivity contribution >= 4 is 22.6 Å². The molecule has 0 aliphatic rings. The summed E-state index contributed by atoms with van der Waals surface area (Å²) in [4.78, 5) is 0. The molecule has 2 N–H and O–H groups in total. The molecule has 0 aliphatic carbocycles. The summed E-state index contributed by atoms with van der Waals surface area (Å²) >= 11 is 2.23. The van der Waals surface area contributed by atoms with Crippen LogP contribution in [0.3, 0.4) is 0 Å². The Labute approximate surface area is 131 Å². The topological polar surface area (TPSA) is 50.7 Å². The SMILES string of the molecule is COc1ccc(COc2c(I)cccc2CNO)cc1. The quantitative estimate of drug-likeness (QED) is 0.592. The van der Waals surface area contributed by atoms with Crippen LogP contribution in [0.25, 0.3) is 0 Å². The van der Waals surface area contributed by atoms with Crippen molar-refractivity contribution in [3.63, 3.8) is 0 Å². The van der Waals surface area contributed by atoms with Crippen molar-refractivity contribution in [3.8, 4) is 11.5 Å². The summed E-state index contributed by atoms with van der Waals surface area (Å²) in [7, 11) is 1.64. The minimum absolute atomic E-state index is 0.356. The smallest absolute Gasteiger partial charge is 0.137 e. The van der Waals surface area contributed by atoms with E-state index in [0.717, 1.165) is 26.2 Å². The summed E-state index contributed by atoms with van der Waals surface area (Å²) in [6.07, 6.45) is 0. The highest BCUT2D eigenvalue weighted by Crippen LogP contribution is 2.26. The summed E-state index contributed by atoms with van der Waals surface area (Å²) in [5.41, 5.74) is 4.15. The van der Waals surface area contributed by atoms with E-state index in [0.29, 0.717) is 13.2 Å². The van der Waals surface area contributed by atoms with Crippen LogP contribution in [0.4, 0.5) is 0 Å². The first-order valence-electron chi connectivity index (χ1n) is 6.14. The Kier molecular flexibility index (Phi) is 5.63. The second-order valence-corrected chi connectivity index (χ2v) is 5.36. The summed E-state index contributed by atoms with van der Waals surface area (Å²) in [6.45, 7) is 0.831. The molecule has 20 heavy (non-hydrogen) atoms. The third-order valence-corrected chi connectivity index (χ3v) is 3.71. The average molecular weight is 385 g/mol. The second kappa shape index (κ2) is 7.47. The van der Waals surface area contributed by atoms with Crippen molar-refractivity contribution < 1.29 is 14.7 Å². The van der Waals surface area contributed by atoms with Crippen LogP contribution < -0.4 is 15.0 Å². The number of hydrogen-bond donors (Lipinski definition) is 2. The number of para-hydroxylation sites is 1. The first-order valence-corrected chi connectivity index (χ1v) is 7.22. The van der Waals surface area contributed by atoms with E-state index in [1.807, 2.05) is 42.5 Å².